The Kier molecular flexibility index (Phi) is 6.06. The molecule has 1 N–H and O–H groups in total. The van der Waals surface area contributed by atoms with Crippen molar-refractivity contribution in [3.05, 3.63) is 59.3 Å². The van der Waals surface area contributed by atoms with Gasteiger partial charge in [-0.05, 0) is 12.2 Å². The first-order valence-corrected chi connectivity index (χ1v) is 9.24. The molecule has 128 valence electrons. The Morgan fingerprint density at radius 1 is 1.40 bits per heavy atom. The van der Waals surface area contributed by atoms with Crippen molar-refractivity contribution in [1.29, 1.82) is 0 Å². The van der Waals surface area contributed by atoms with Crippen LogP contribution in [0.5, 0.6) is 0 Å². The van der Waals surface area contributed by atoms with Gasteiger partial charge in [-0.2, -0.15) is 0 Å². The zero-order valence-electron chi connectivity index (χ0n) is 13.4. The van der Waals surface area contributed by atoms with E-state index >= 15 is 0 Å². The molecule has 2 heterocycles. The Morgan fingerprint density at radius 3 is 3.12 bits per heavy atom. The third-order valence-corrected chi connectivity index (χ3v) is 5.01. The number of hydrogen-bond donors (Lipinski definition) is 1. The van der Waals surface area contributed by atoms with Crippen LogP contribution in [0.15, 0.2) is 56.3 Å². The number of nitrogens with zero attached hydrogens (tertiary/aromatic N) is 2. The number of nitrogens with one attached hydrogen (secondary N) is 1. The van der Waals surface area contributed by atoms with Gasteiger partial charge < -0.3 is 14.5 Å². The monoisotopic (exact) mass is 373 g/mol. The number of thiazole rings is 1. The molecule has 0 saturated carbocycles. The van der Waals surface area contributed by atoms with E-state index in [1.165, 1.54) is 18.3 Å². The average molecular weight is 373 g/mol. The van der Waals surface area contributed by atoms with E-state index in [4.69, 9.17) is 9.15 Å². The molecule has 0 fully saturated rings. The minimum Gasteiger partial charge on any atom is -0.442 e. The van der Waals surface area contributed by atoms with Crippen LogP contribution in [0.25, 0.3) is 0 Å². The number of carbonyl (C=O) groups is 1. The second-order valence-electron chi connectivity index (χ2n) is 4.99. The van der Waals surface area contributed by atoms with Gasteiger partial charge >= 0.3 is 0 Å². The topological polar surface area (TPSA) is 77.2 Å². The number of amides is 1. The van der Waals surface area contributed by atoms with E-state index in [0.29, 0.717) is 35.7 Å². The van der Waals surface area contributed by atoms with Crippen molar-refractivity contribution in [2.75, 3.05) is 11.9 Å². The summed E-state index contributed by atoms with van der Waals surface area (Å²) >= 11 is 2.97. The molecule has 0 atom stereocenters. The molecule has 0 aliphatic heterocycles. The number of rotatable bonds is 8. The zero-order valence-corrected chi connectivity index (χ0v) is 15.1. The smallest absolute Gasteiger partial charge is 0.223 e. The van der Waals surface area contributed by atoms with Crippen molar-refractivity contribution < 1.29 is 13.9 Å². The third-order valence-electron chi connectivity index (χ3n) is 2.92. The first-order chi connectivity index (χ1) is 12.2. The summed E-state index contributed by atoms with van der Waals surface area (Å²) in [5.74, 6) is 1.76. The molecule has 8 heteroatoms. The zero-order chi connectivity index (χ0) is 17.5. The van der Waals surface area contributed by atoms with Crippen LogP contribution >= 0.6 is 23.1 Å². The molecule has 0 bridgehead atoms. The minimum absolute atomic E-state index is 0.130. The number of ether oxygens (including phenoxy) is 1. The van der Waals surface area contributed by atoms with E-state index in [1.54, 1.807) is 30.2 Å². The van der Waals surface area contributed by atoms with Gasteiger partial charge in [-0.15, -0.1) is 11.8 Å². The maximum Gasteiger partial charge on any atom is 0.223 e. The maximum atomic E-state index is 11.0. The van der Waals surface area contributed by atoms with Gasteiger partial charge in [0.15, 0.2) is 5.13 Å². The molecular weight excluding hydrogens is 358 g/mol. The number of thioether (sulfide) groups is 1. The van der Waals surface area contributed by atoms with Crippen LogP contribution in [-0.2, 0) is 21.9 Å². The fraction of sp³-hybridized carbons (Fsp3) is 0.235. The van der Waals surface area contributed by atoms with Crippen LogP contribution in [-0.4, -0.2) is 22.5 Å². The molecule has 1 aliphatic carbocycles. The Morgan fingerprint density at radius 2 is 2.32 bits per heavy atom. The van der Waals surface area contributed by atoms with E-state index < -0.39 is 0 Å². The molecule has 0 radical (unpaired) electrons. The number of hydrogen-bond acceptors (Lipinski definition) is 7. The molecule has 0 saturated heterocycles. The molecule has 0 aromatic carbocycles. The predicted molar refractivity (Wildman–Crippen MR) is 96.4 cm³/mol. The number of oxazole rings is 1. The van der Waals surface area contributed by atoms with Crippen molar-refractivity contribution >= 4 is 34.1 Å². The van der Waals surface area contributed by atoms with Gasteiger partial charge in [0, 0.05) is 12.5 Å². The van der Waals surface area contributed by atoms with E-state index in [2.05, 4.69) is 26.7 Å². The first-order valence-electron chi connectivity index (χ1n) is 7.44. The highest BCUT2D eigenvalue weighted by molar-refractivity contribution is 8.00. The summed E-state index contributed by atoms with van der Waals surface area (Å²) in [4.78, 5) is 19.4. The van der Waals surface area contributed by atoms with Gasteiger partial charge in [0.1, 0.15) is 12.4 Å². The summed E-state index contributed by atoms with van der Waals surface area (Å²) in [5, 5.41) is 3.25. The second kappa shape index (κ2) is 8.67. The number of carbonyl (C=O) groups excluding carboxylic acids is 1. The molecule has 2 aromatic heterocycles. The number of allylic oxidation sites excluding steroid dienone is 2. The largest absolute Gasteiger partial charge is 0.442 e. The quantitative estimate of drug-likeness (QED) is 0.561. The van der Waals surface area contributed by atoms with Gasteiger partial charge in [-0.25, -0.2) is 9.97 Å². The number of aromatic nitrogens is 2. The van der Waals surface area contributed by atoms with Crippen molar-refractivity contribution in [2.24, 2.45) is 0 Å². The van der Waals surface area contributed by atoms with Crippen molar-refractivity contribution in [1.82, 2.24) is 9.97 Å². The highest BCUT2D eigenvalue weighted by Crippen LogP contribution is 2.30. The summed E-state index contributed by atoms with van der Waals surface area (Å²) < 4.78 is 12.2. The summed E-state index contributed by atoms with van der Waals surface area (Å²) in [7, 11) is 0. The number of anilines is 1. The molecule has 0 unspecified atom stereocenters. The van der Waals surface area contributed by atoms with Crippen LogP contribution in [0.2, 0.25) is 0 Å². The normalized spacial score (nSPS) is 12.4. The molecule has 3 rings (SSSR count). The third kappa shape index (κ3) is 5.60. The lowest BCUT2D eigenvalue weighted by Crippen LogP contribution is -2.04. The lowest BCUT2D eigenvalue weighted by Gasteiger charge is -2.01. The maximum absolute atomic E-state index is 11.0. The van der Waals surface area contributed by atoms with Crippen LogP contribution in [0.4, 0.5) is 5.13 Å². The van der Waals surface area contributed by atoms with E-state index in [1.807, 2.05) is 12.2 Å². The first kappa shape index (κ1) is 17.5. The lowest BCUT2D eigenvalue weighted by atomic mass is 10.2. The fourth-order valence-corrected chi connectivity index (χ4v) is 3.65. The fourth-order valence-electron chi connectivity index (χ4n) is 1.88. The van der Waals surface area contributed by atoms with Crippen molar-refractivity contribution in [2.45, 2.75) is 23.5 Å². The Labute approximate surface area is 153 Å². The highest BCUT2D eigenvalue weighted by atomic mass is 32.2. The van der Waals surface area contributed by atoms with Gasteiger partial charge in [-0.3, -0.25) is 4.79 Å². The molecular formula is C17H15N3O3S2. The Balaban J connectivity index is 1.44. The van der Waals surface area contributed by atoms with Gasteiger partial charge in [0.05, 0.1) is 29.0 Å². The summed E-state index contributed by atoms with van der Waals surface area (Å²) in [6.07, 6.45) is 9.03. The SMILES string of the molecule is CC(=O)Nc1ncc(SCc2ncc(COCC3=C=C=CC=C3)o2)s1. The van der Waals surface area contributed by atoms with Crippen LogP contribution < -0.4 is 5.32 Å². The molecule has 0 spiro atoms. The van der Waals surface area contributed by atoms with Crippen LogP contribution in [0.1, 0.15) is 18.6 Å². The molecule has 6 nitrogen and oxygen atoms in total. The molecule has 2 aromatic rings. The van der Waals surface area contributed by atoms with Gasteiger partial charge in [0.2, 0.25) is 11.8 Å². The molecule has 25 heavy (non-hydrogen) atoms. The summed E-state index contributed by atoms with van der Waals surface area (Å²) in [5.41, 5.74) is 6.81. The lowest BCUT2D eigenvalue weighted by molar-refractivity contribution is -0.114. The van der Waals surface area contributed by atoms with E-state index in [9.17, 15) is 4.79 Å². The van der Waals surface area contributed by atoms with Crippen LogP contribution in [0.3, 0.4) is 0 Å². The molecule has 1 amide bonds. The molecule has 1 aliphatic rings. The Hall–Kier alpha value is -2.34. The average Bonchev–Trinajstić information content (AvgIpc) is 3.23. The van der Waals surface area contributed by atoms with E-state index in [0.717, 1.165) is 9.78 Å². The summed E-state index contributed by atoms with van der Waals surface area (Å²) in [6.45, 7) is 2.27. The highest BCUT2D eigenvalue weighted by Gasteiger charge is 2.08. The van der Waals surface area contributed by atoms with Gasteiger partial charge in [0.25, 0.3) is 0 Å². The minimum atomic E-state index is -0.130. The van der Waals surface area contributed by atoms with Gasteiger partial charge in [-0.1, -0.05) is 28.9 Å². The van der Waals surface area contributed by atoms with Crippen molar-refractivity contribution in [3.8, 4) is 0 Å². The predicted octanol–water partition coefficient (Wildman–Crippen LogP) is 3.70. The van der Waals surface area contributed by atoms with Crippen LogP contribution in [0, 0.1) is 0 Å². The van der Waals surface area contributed by atoms with E-state index in [-0.39, 0.29) is 5.91 Å². The van der Waals surface area contributed by atoms with Crippen molar-refractivity contribution in [3.63, 3.8) is 0 Å². The Bertz CT molecular complexity index is 885. The standard InChI is InChI=1S/C17H15N3O3S2/c1-12(21)20-17-19-8-16(25-17)24-11-15-18-7-14(23-15)10-22-9-13-5-3-2-4-6-13/h2-3,5,7-8H,9-11H2,1H3,(H,19,20,21). The summed E-state index contributed by atoms with van der Waals surface area (Å²) in [6, 6.07) is 0. The second-order valence-corrected chi connectivity index (χ2v) is 7.29.